The molecule has 3 aromatic rings. The van der Waals surface area contributed by atoms with E-state index in [2.05, 4.69) is 25.6 Å². The first-order valence-electron chi connectivity index (χ1n) is 9.13. The van der Waals surface area contributed by atoms with E-state index >= 15 is 0 Å². The molecule has 0 aliphatic heterocycles. The summed E-state index contributed by atoms with van der Waals surface area (Å²) in [6.45, 7) is 7.03. The highest BCUT2D eigenvalue weighted by atomic mass is 35.5. The quantitative estimate of drug-likeness (QED) is 0.563. The average molecular weight is 416 g/mol. The topological polar surface area (TPSA) is 109 Å². The number of aromatic amines is 1. The molecule has 0 saturated carbocycles. The van der Waals surface area contributed by atoms with Crippen molar-refractivity contribution in [1.29, 1.82) is 0 Å². The van der Waals surface area contributed by atoms with Crippen molar-refractivity contribution in [2.24, 2.45) is 0 Å². The lowest BCUT2D eigenvalue weighted by molar-refractivity contribution is -0.114. The molecule has 8 nitrogen and oxygen atoms in total. The van der Waals surface area contributed by atoms with Gasteiger partial charge in [-0.05, 0) is 39.0 Å². The molecule has 2 heterocycles. The molecule has 0 spiro atoms. The Morgan fingerprint density at radius 3 is 2.69 bits per heavy atom. The summed E-state index contributed by atoms with van der Waals surface area (Å²) in [4.78, 5) is 35.0. The number of nitrogens with one attached hydrogen (secondary N) is 3. The van der Waals surface area contributed by atoms with Crippen LogP contribution in [0.5, 0.6) is 5.75 Å². The number of hydrogen-bond acceptors (Lipinski definition) is 6. The van der Waals surface area contributed by atoms with Crippen LogP contribution in [0.15, 0.2) is 35.3 Å². The van der Waals surface area contributed by atoms with Gasteiger partial charge in [0.25, 0.3) is 5.56 Å². The largest absolute Gasteiger partial charge is 0.489 e. The van der Waals surface area contributed by atoms with E-state index < -0.39 is 0 Å². The van der Waals surface area contributed by atoms with E-state index in [4.69, 9.17) is 16.3 Å². The minimum Gasteiger partial charge on any atom is -0.489 e. The number of hydrogen-bond donors (Lipinski definition) is 3. The third-order valence-corrected chi connectivity index (χ3v) is 4.36. The molecule has 3 rings (SSSR count). The van der Waals surface area contributed by atoms with E-state index in [1.807, 2.05) is 20.8 Å². The number of fused-ring (bicyclic) bond motifs is 1. The van der Waals surface area contributed by atoms with Crippen molar-refractivity contribution in [3.05, 3.63) is 51.4 Å². The van der Waals surface area contributed by atoms with E-state index in [0.29, 0.717) is 33.6 Å². The van der Waals surface area contributed by atoms with Crippen molar-refractivity contribution in [2.45, 2.75) is 39.8 Å². The molecular weight excluding hydrogens is 394 g/mol. The lowest BCUT2D eigenvalue weighted by atomic mass is 10.1. The van der Waals surface area contributed by atoms with Gasteiger partial charge < -0.3 is 20.4 Å². The molecule has 0 aliphatic rings. The second-order valence-electron chi connectivity index (χ2n) is 6.90. The maximum Gasteiger partial charge on any atom is 0.253 e. The van der Waals surface area contributed by atoms with Crippen LogP contribution in [-0.2, 0) is 4.79 Å². The zero-order chi connectivity index (χ0) is 21.1. The normalized spacial score (nSPS) is 12.1. The Balaban J connectivity index is 1.90. The summed E-state index contributed by atoms with van der Waals surface area (Å²) in [7, 11) is 0. The molecule has 9 heteroatoms. The first kappa shape index (κ1) is 20.6. The Bertz CT molecular complexity index is 1110. The van der Waals surface area contributed by atoms with Gasteiger partial charge in [0.15, 0.2) is 0 Å². The number of carbonyl (C=O) groups excluding carboxylic acids is 1. The molecule has 2 aromatic heterocycles. The smallest absolute Gasteiger partial charge is 0.253 e. The summed E-state index contributed by atoms with van der Waals surface area (Å²) >= 11 is 6.32. The number of aromatic nitrogens is 3. The zero-order valence-electron chi connectivity index (χ0n) is 16.5. The van der Waals surface area contributed by atoms with Crippen LogP contribution in [0.4, 0.5) is 11.8 Å². The number of ether oxygens (including phenoxy) is 1. The van der Waals surface area contributed by atoms with Crippen LogP contribution in [0, 0.1) is 0 Å². The van der Waals surface area contributed by atoms with Crippen molar-refractivity contribution in [2.75, 3.05) is 10.6 Å². The molecule has 152 valence electrons. The number of benzene rings is 1. The highest BCUT2D eigenvalue weighted by Crippen LogP contribution is 2.30. The van der Waals surface area contributed by atoms with Crippen LogP contribution in [0.2, 0.25) is 5.02 Å². The molecule has 0 fully saturated rings. The van der Waals surface area contributed by atoms with Crippen LogP contribution in [0.1, 0.15) is 39.3 Å². The summed E-state index contributed by atoms with van der Waals surface area (Å²) < 4.78 is 5.68. The second-order valence-corrected chi connectivity index (χ2v) is 7.31. The monoisotopic (exact) mass is 415 g/mol. The molecule has 0 unspecified atom stereocenters. The standard InChI is InChI=1S/C20H22ClN5O3/c1-10(2)29-17-9-16-13(8-15(17)21)7-14(19(28)25-16)11(3)23-20-22-6-5-18(26-20)24-12(4)27/h5-11H,1-4H3,(H,25,28)(H2,22,23,24,26,27)/t11-/m0/s1. The van der Waals surface area contributed by atoms with Crippen LogP contribution in [0.25, 0.3) is 10.9 Å². The predicted molar refractivity (Wildman–Crippen MR) is 114 cm³/mol. The summed E-state index contributed by atoms with van der Waals surface area (Å²) in [6, 6.07) is 6.45. The summed E-state index contributed by atoms with van der Waals surface area (Å²) in [5.74, 6) is 0.958. The van der Waals surface area contributed by atoms with Gasteiger partial charge in [-0.1, -0.05) is 11.6 Å². The number of rotatable bonds is 6. The molecule has 0 saturated heterocycles. The van der Waals surface area contributed by atoms with Gasteiger partial charge in [-0.2, -0.15) is 4.98 Å². The summed E-state index contributed by atoms with van der Waals surface area (Å²) in [6.07, 6.45) is 1.49. The lowest BCUT2D eigenvalue weighted by Gasteiger charge is -2.16. The molecule has 1 atom stereocenters. The van der Waals surface area contributed by atoms with Gasteiger partial charge in [-0.3, -0.25) is 9.59 Å². The van der Waals surface area contributed by atoms with Gasteiger partial charge in [0.2, 0.25) is 11.9 Å². The Morgan fingerprint density at radius 2 is 2.00 bits per heavy atom. The third-order valence-electron chi connectivity index (χ3n) is 4.06. The summed E-state index contributed by atoms with van der Waals surface area (Å²) in [5.41, 5.74) is 0.892. The average Bonchev–Trinajstić information content (AvgIpc) is 2.61. The Hall–Kier alpha value is -3.13. The lowest BCUT2D eigenvalue weighted by Crippen LogP contribution is -2.20. The van der Waals surface area contributed by atoms with Crippen molar-refractivity contribution in [1.82, 2.24) is 15.0 Å². The van der Waals surface area contributed by atoms with Gasteiger partial charge in [0, 0.05) is 30.1 Å². The zero-order valence-corrected chi connectivity index (χ0v) is 17.3. The van der Waals surface area contributed by atoms with Crippen LogP contribution in [0.3, 0.4) is 0 Å². The Labute approximate surface area is 172 Å². The molecular formula is C20H22ClN5O3. The minimum atomic E-state index is -0.388. The van der Waals surface area contributed by atoms with Crippen molar-refractivity contribution in [3.63, 3.8) is 0 Å². The highest BCUT2D eigenvalue weighted by molar-refractivity contribution is 6.32. The van der Waals surface area contributed by atoms with Gasteiger partial charge in [0.1, 0.15) is 11.6 Å². The number of carbonyl (C=O) groups is 1. The molecule has 1 amide bonds. The van der Waals surface area contributed by atoms with E-state index in [9.17, 15) is 9.59 Å². The fourth-order valence-corrected chi connectivity index (χ4v) is 3.06. The maximum atomic E-state index is 12.6. The molecule has 0 bridgehead atoms. The van der Waals surface area contributed by atoms with Gasteiger partial charge in [0.05, 0.1) is 22.7 Å². The molecule has 29 heavy (non-hydrogen) atoms. The fourth-order valence-electron chi connectivity index (χ4n) is 2.84. The first-order chi connectivity index (χ1) is 13.7. The third kappa shape index (κ3) is 5.03. The first-order valence-corrected chi connectivity index (χ1v) is 9.51. The number of amides is 1. The minimum absolute atomic E-state index is 0.0339. The molecule has 0 aliphatic carbocycles. The van der Waals surface area contributed by atoms with Crippen LogP contribution in [-0.4, -0.2) is 27.0 Å². The second kappa shape index (κ2) is 8.48. The number of anilines is 2. The SMILES string of the molecule is CC(=O)Nc1ccnc(N[C@@H](C)c2cc3cc(Cl)c(OC(C)C)cc3[nH]c2=O)n1. The summed E-state index contributed by atoms with van der Waals surface area (Å²) in [5, 5.41) is 6.92. The van der Waals surface area contributed by atoms with Gasteiger partial charge >= 0.3 is 0 Å². The van der Waals surface area contributed by atoms with Crippen molar-refractivity contribution in [3.8, 4) is 5.75 Å². The fraction of sp³-hybridized carbons (Fsp3) is 0.300. The Kier molecular flexibility index (Phi) is 6.03. The van der Waals surface area contributed by atoms with Crippen LogP contribution >= 0.6 is 11.6 Å². The van der Waals surface area contributed by atoms with Gasteiger partial charge in [-0.15, -0.1) is 0 Å². The number of nitrogens with zero attached hydrogens (tertiary/aromatic N) is 2. The number of pyridine rings is 1. The number of H-pyrrole nitrogens is 1. The Morgan fingerprint density at radius 1 is 1.24 bits per heavy atom. The maximum absolute atomic E-state index is 12.6. The predicted octanol–water partition coefficient (Wildman–Crippen LogP) is 3.89. The van der Waals surface area contributed by atoms with E-state index in [-0.39, 0.29) is 23.6 Å². The van der Waals surface area contributed by atoms with E-state index in [1.54, 1.807) is 24.3 Å². The number of halogens is 1. The van der Waals surface area contributed by atoms with Gasteiger partial charge in [-0.25, -0.2) is 4.98 Å². The molecule has 1 aromatic carbocycles. The highest BCUT2D eigenvalue weighted by Gasteiger charge is 2.15. The van der Waals surface area contributed by atoms with E-state index in [1.165, 1.54) is 13.1 Å². The van der Waals surface area contributed by atoms with E-state index in [0.717, 1.165) is 5.39 Å². The van der Waals surface area contributed by atoms with Crippen LogP contribution < -0.4 is 20.9 Å². The van der Waals surface area contributed by atoms with Crippen molar-refractivity contribution < 1.29 is 9.53 Å². The molecule has 3 N–H and O–H groups in total. The van der Waals surface area contributed by atoms with Crippen molar-refractivity contribution >= 4 is 40.2 Å². The molecule has 0 radical (unpaired) electrons.